The number of unbranched alkanes of at least 4 members (excludes halogenated alkanes) is 5. The molecule has 0 N–H and O–H groups in total. The average molecular weight is 589 g/mol. The Labute approximate surface area is 250 Å². The van der Waals surface area contributed by atoms with E-state index in [2.05, 4.69) is 65.1 Å². The van der Waals surface area contributed by atoms with Crippen molar-refractivity contribution in [3.8, 4) is 0 Å². The first-order chi connectivity index (χ1) is 19.3. The quantitative estimate of drug-likeness (QED) is 0.0783. The summed E-state index contributed by atoms with van der Waals surface area (Å²) in [6, 6.07) is 8.52. The molecule has 41 heavy (non-hydrogen) atoms. The number of ketones is 1. The van der Waals surface area contributed by atoms with Crippen LogP contribution in [0, 0.1) is 5.41 Å². The molecule has 0 aliphatic heterocycles. The highest BCUT2D eigenvalue weighted by Gasteiger charge is 2.56. The lowest BCUT2D eigenvalue weighted by Gasteiger charge is -2.39. The van der Waals surface area contributed by atoms with Crippen LogP contribution in [0.15, 0.2) is 24.3 Å². The molecule has 6 nitrogen and oxygen atoms in total. The Bertz CT molecular complexity index is 980. The Kier molecular flexibility index (Phi) is 13.8. The summed E-state index contributed by atoms with van der Waals surface area (Å²) in [5.41, 5.74) is 1.05. The van der Waals surface area contributed by atoms with E-state index in [4.69, 9.17) is 13.9 Å². The van der Waals surface area contributed by atoms with Crippen molar-refractivity contribution < 1.29 is 28.3 Å². The van der Waals surface area contributed by atoms with Crippen molar-refractivity contribution in [3.63, 3.8) is 0 Å². The zero-order valence-electron chi connectivity index (χ0n) is 27.1. The summed E-state index contributed by atoms with van der Waals surface area (Å²) in [6.45, 7) is 15.9. The van der Waals surface area contributed by atoms with Crippen LogP contribution in [0.1, 0.15) is 135 Å². The van der Waals surface area contributed by atoms with Crippen LogP contribution in [0.4, 0.5) is 0 Å². The van der Waals surface area contributed by atoms with Gasteiger partial charge in [0.05, 0.1) is 19.8 Å². The van der Waals surface area contributed by atoms with Crippen molar-refractivity contribution in [2.24, 2.45) is 5.41 Å². The zero-order chi connectivity index (χ0) is 30.7. The molecule has 1 aliphatic rings. The minimum atomic E-state index is -1.97. The largest absolute Gasteiger partial charge is 0.468 e. The summed E-state index contributed by atoms with van der Waals surface area (Å²) < 4.78 is 17.2. The van der Waals surface area contributed by atoms with Crippen LogP contribution in [-0.2, 0) is 28.3 Å². The van der Waals surface area contributed by atoms with Gasteiger partial charge in [0, 0.05) is 18.8 Å². The highest BCUT2D eigenvalue weighted by molar-refractivity contribution is 6.74. The molecule has 1 aliphatic carbocycles. The average Bonchev–Trinajstić information content (AvgIpc) is 3.25. The maximum absolute atomic E-state index is 13.4. The highest BCUT2D eigenvalue weighted by Crippen LogP contribution is 2.51. The van der Waals surface area contributed by atoms with E-state index in [1.54, 1.807) is 0 Å². The maximum Gasteiger partial charge on any atom is 0.319 e. The first-order valence-corrected chi connectivity index (χ1v) is 18.8. The molecule has 1 fully saturated rings. The number of Topliss-reactive ketones (excluding diaryl/α,β-unsaturated/α-hetero) is 1. The van der Waals surface area contributed by atoms with Gasteiger partial charge >= 0.3 is 11.9 Å². The summed E-state index contributed by atoms with van der Waals surface area (Å²) in [4.78, 5) is 38.2. The van der Waals surface area contributed by atoms with Gasteiger partial charge in [0.2, 0.25) is 0 Å². The van der Waals surface area contributed by atoms with Crippen LogP contribution in [0.25, 0.3) is 0 Å². The summed E-state index contributed by atoms with van der Waals surface area (Å²) in [6.07, 6.45) is 9.61. The Morgan fingerprint density at radius 3 is 2.24 bits per heavy atom. The standard InChI is InChI=1S/C34H56O6Si/c1-9-11-14-17-29(40-41(7,8)33(3,4)5)27-21-19-26(20-22-27)28-23-24-30(35)34(28,32(37)38-6)25-16-13-12-15-18-31(36)39-10-2/h19-22,28-29H,9-18,23-25H2,1-8H3/t28-,29-,34?/m0/s1. The number of carbonyl (C=O) groups is 3. The van der Waals surface area contributed by atoms with E-state index >= 15 is 0 Å². The van der Waals surface area contributed by atoms with Gasteiger partial charge in [-0.3, -0.25) is 14.4 Å². The Morgan fingerprint density at radius 1 is 1.00 bits per heavy atom. The first-order valence-electron chi connectivity index (χ1n) is 15.9. The number of carbonyl (C=O) groups excluding carboxylic acids is 3. The Balaban J connectivity index is 2.22. The number of benzene rings is 1. The number of methoxy groups -OCH3 is 1. The number of ether oxygens (including phenoxy) is 2. The fraction of sp³-hybridized carbons (Fsp3) is 0.735. The fourth-order valence-electron chi connectivity index (χ4n) is 5.85. The fourth-order valence-corrected chi connectivity index (χ4v) is 7.17. The van der Waals surface area contributed by atoms with Crippen LogP contribution in [-0.4, -0.2) is 39.8 Å². The number of hydrogen-bond acceptors (Lipinski definition) is 6. The molecule has 0 heterocycles. The third-order valence-corrected chi connectivity index (χ3v) is 13.8. The second-order valence-electron chi connectivity index (χ2n) is 13.2. The molecule has 0 radical (unpaired) electrons. The SMILES string of the molecule is CCCCC[C@H](O[Si](C)(C)C(C)(C)C)c1ccc([C@@H]2CCC(=O)C2(CCCCCCC(=O)OCC)C(=O)OC)cc1. The molecule has 0 bridgehead atoms. The highest BCUT2D eigenvalue weighted by atomic mass is 28.4. The van der Waals surface area contributed by atoms with Crippen LogP contribution in [0.5, 0.6) is 0 Å². The summed E-state index contributed by atoms with van der Waals surface area (Å²) in [7, 11) is -0.586. The third-order valence-electron chi connectivity index (χ3n) is 9.33. The smallest absolute Gasteiger partial charge is 0.319 e. The van der Waals surface area contributed by atoms with Crippen LogP contribution >= 0.6 is 0 Å². The van der Waals surface area contributed by atoms with Gasteiger partial charge in [-0.15, -0.1) is 0 Å². The van der Waals surface area contributed by atoms with E-state index < -0.39 is 19.7 Å². The van der Waals surface area contributed by atoms with Gasteiger partial charge < -0.3 is 13.9 Å². The summed E-state index contributed by atoms with van der Waals surface area (Å²) in [5, 5.41) is 0.124. The van der Waals surface area contributed by atoms with Crippen molar-refractivity contribution in [1.82, 2.24) is 0 Å². The second-order valence-corrected chi connectivity index (χ2v) is 18.0. The van der Waals surface area contributed by atoms with Gasteiger partial charge in [-0.1, -0.05) is 90.5 Å². The van der Waals surface area contributed by atoms with Crippen molar-refractivity contribution in [1.29, 1.82) is 0 Å². The minimum Gasteiger partial charge on any atom is -0.468 e. The van der Waals surface area contributed by atoms with Gasteiger partial charge in [-0.05, 0) is 61.9 Å². The van der Waals surface area contributed by atoms with E-state index in [0.29, 0.717) is 32.3 Å². The summed E-state index contributed by atoms with van der Waals surface area (Å²) in [5.74, 6) is -0.797. The molecular weight excluding hydrogens is 532 g/mol. The number of hydrogen-bond donors (Lipinski definition) is 0. The molecule has 7 heteroatoms. The predicted molar refractivity (Wildman–Crippen MR) is 167 cm³/mol. The lowest BCUT2D eigenvalue weighted by Crippen LogP contribution is -2.42. The van der Waals surface area contributed by atoms with Gasteiger partial charge in [-0.2, -0.15) is 0 Å². The first kappa shape index (κ1) is 35.2. The van der Waals surface area contributed by atoms with E-state index in [-0.39, 0.29) is 28.8 Å². The maximum atomic E-state index is 13.4. The molecule has 232 valence electrons. The van der Waals surface area contributed by atoms with E-state index in [0.717, 1.165) is 44.1 Å². The molecule has 0 amide bonds. The monoisotopic (exact) mass is 588 g/mol. The van der Waals surface area contributed by atoms with Gasteiger partial charge in [-0.25, -0.2) is 0 Å². The molecule has 1 saturated carbocycles. The number of rotatable bonds is 17. The summed E-state index contributed by atoms with van der Waals surface area (Å²) >= 11 is 0. The third kappa shape index (κ3) is 9.24. The van der Waals surface area contributed by atoms with Crippen LogP contribution in [0.3, 0.4) is 0 Å². The molecule has 0 spiro atoms. The lowest BCUT2D eigenvalue weighted by atomic mass is 9.70. The molecule has 3 atom stereocenters. The van der Waals surface area contributed by atoms with Crippen LogP contribution in [0.2, 0.25) is 18.1 Å². The zero-order valence-corrected chi connectivity index (χ0v) is 28.1. The topological polar surface area (TPSA) is 78.9 Å². The van der Waals surface area contributed by atoms with Crippen molar-refractivity contribution in [3.05, 3.63) is 35.4 Å². The Morgan fingerprint density at radius 2 is 1.66 bits per heavy atom. The molecule has 2 rings (SSSR count). The molecule has 0 saturated heterocycles. The molecular formula is C34H56O6Si. The van der Waals surface area contributed by atoms with E-state index in [9.17, 15) is 14.4 Å². The molecule has 1 aromatic carbocycles. The van der Waals surface area contributed by atoms with Crippen molar-refractivity contribution in [2.45, 2.75) is 142 Å². The Hall–Kier alpha value is -1.99. The number of esters is 2. The molecule has 1 aromatic rings. The second kappa shape index (κ2) is 16.0. The minimum absolute atomic E-state index is 0.0105. The van der Waals surface area contributed by atoms with Crippen LogP contribution < -0.4 is 0 Å². The van der Waals surface area contributed by atoms with Gasteiger partial charge in [0.25, 0.3) is 0 Å². The lowest BCUT2D eigenvalue weighted by molar-refractivity contribution is -0.158. The molecule has 1 unspecified atom stereocenters. The van der Waals surface area contributed by atoms with E-state index in [1.807, 2.05) is 6.92 Å². The normalized spacial score (nSPS) is 20.2. The van der Waals surface area contributed by atoms with Crippen molar-refractivity contribution >= 4 is 26.0 Å². The van der Waals surface area contributed by atoms with E-state index in [1.165, 1.54) is 25.5 Å². The van der Waals surface area contributed by atoms with Gasteiger partial charge in [0.15, 0.2) is 14.1 Å². The van der Waals surface area contributed by atoms with Gasteiger partial charge in [0.1, 0.15) is 5.41 Å². The predicted octanol–water partition coefficient (Wildman–Crippen LogP) is 8.84. The molecule has 0 aromatic heterocycles. The van der Waals surface area contributed by atoms with Crippen molar-refractivity contribution in [2.75, 3.05) is 13.7 Å².